The van der Waals surface area contributed by atoms with E-state index >= 15 is 0 Å². The van der Waals surface area contributed by atoms with Gasteiger partial charge < -0.3 is 10.1 Å². The molecule has 1 aromatic carbocycles. The number of aromatic nitrogens is 2. The lowest BCUT2D eigenvalue weighted by Gasteiger charge is -2.24. The Morgan fingerprint density at radius 2 is 2.30 bits per heavy atom. The van der Waals surface area contributed by atoms with Gasteiger partial charge in [0.05, 0.1) is 19.3 Å². The summed E-state index contributed by atoms with van der Waals surface area (Å²) in [5, 5.41) is 10.5. The van der Waals surface area contributed by atoms with E-state index in [1.165, 1.54) is 0 Å². The third-order valence-electron chi connectivity index (χ3n) is 3.42. The number of nitrogens with zero attached hydrogens (tertiary/aromatic N) is 2. The van der Waals surface area contributed by atoms with Crippen molar-refractivity contribution in [2.24, 2.45) is 0 Å². The van der Waals surface area contributed by atoms with Gasteiger partial charge in [-0.1, -0.05) is 12.1 Å². The summed E-state index contributed by atoms with van der Waals surface area (Å²) >= 11 is 0. The number of rotatable bonds is 3. The number of methoxy groups -OCH3 is 1. The maximum atomic E-state index is 11.9. The van der Waals surface area contributed by atoms with Crippen LogP contribution in [0.15, 0.2) is 30.3 Å². The SMILES string of the molecule is CNC1CNC(=O)c2cc(-c3cccc(OC)c3)nn21. The lowest BCUT2D eigenvalue weighted by molar-refractivity contribution is 0.0903. The van der Waals surface area contributed by atoms with Gasteiger partial charge in [-0.3, -0.25) is 10.1 Å². The first kappa shape index (κ1) is 12.7. The van der Waals surface area contributed by atoms with Crippen molar-refractivity contribution in [2.45, 2.75) is 6.17 Å². The summed E-state index contributed by atoms with van der Waals surface area (Å²) in [5.74, 6) is 0.668. The molecule has 0 spiro atoms. The average molecular weight is 272 g/mol. The molecule has 0 bridgehead atoms. The molecule has 1 aliphatic heterocycles. The van der Waals surface area contributed by atoms with Gasteiger partial charge >= 0.3 is 0 Å². The highest BCUT2D eigenvalue weighted by molar-refractivity contribution is 5.94. The van der Waals surface area contributed by atoms with Crippen LogP contribution in [0.4, 0.5) is 0 Å². The van der Waals surface area contributed by atoms with Crippen LogP contribution >= 0.6 is 0 Å². The molecule has 1 aromatic heterocycles. The van der Waals surface area contributed by atoms with Crippen LogP contribution < -0.4 is 15.4 Å². The molecule has 2 heterocycles. The van der Waals surface area contributed by atoms with Crippen molar-refractivity contribution >= 4 is 5.91 Å². The fourth-order valence-electron chi connectivity index (χ4n) is 2.32. The third kappa shape index (κ3) is 2.04. The number of amides is 1. The fourth-order valence-corrected chi connectivity index (χ4v) is 2.32. The molecule has 6 heteroatoms. The number of ether oxygens (including phenoxy) is 1. The molecule has 6 nitrogen and oxygen atoms in total. The number of nitrogens with one attached hydrogen (secondary N) is 2. The Morgan fingerprint density at radius 1 is 1.45 bits per heavy atom. The van der Waals surface area contributed by atoms with Crippen molar-refractivity contribution in [1.29, 1.82) is 0 Å². The van der Waals surface area contributed by atoms with Gasteiger partial charge in [-0.2, -0.15) is 5.10 Å². The van der Waals surface area contributed by atoms with Crippen molar-refractivity contribution in [3.8, 4) is 17.0 Å². The average Bonchev–Trinajstić information content (AvgIpc) is 2.94. The van der Waals surface area contributed by atoms with Crippen LogP contribution in [0.25, 0.3) is 11.3 Å². The summed E-state index contributed by atoms with van der Waals surface area (Å²) in [4.78, 5) is 11.9. The van der Waals surface area contributed by atoms with Gasteiger partial charge in [0.1, 0.15) is 17.6 Å². The molecule has 20 heavy (non-hydrogen) atoms. The van der Waals surface area contributed by atoms with E-state index in [9.17, 15) is 4.79 Å². The van der Waals surface area contributed by atoms with Crippen LogP contribution in [0.5, 0.6) is 5.75 Å². The third-order valence-corrected chi connectivity index (χ3v) is 3.42. The molecule has 0 saturated heterocycles. The van der Waals surface area contributed by atoms with Crippen molar-refractivity contribution in [1.82, 2.24) is 20.4 Å². The van der Waals surface area contributed by atoms with Gasteiger partial charge in [-0.15, -0.1) is 0 Å². The minimum absolute atomic E-state index is 0.0259. The van der Waals surface area contributed by atoms with Gasteiger partial charge in [-0.05, 0) is 25.2 Å². The molecule has 2 aromatic rings. The second kappa shape index (κ2) is 4.97. The van der Waals surface area contributed by atoms with E-state index in [-0.39, 0.29) is 12.1 Å². The summed E-state index contributed by atoms with van der Waals surface area (Å²) in [6.45, 7) is 0.529. The van der Waals surface area contributed by atoms with Crippen LogP contribution in [0.1, 0.15) is 16.7 Å². The number of carbonyl (C=O) groups is 1. The molecular formula is C14H16N4O2. The normalized spacial score (nSPS) is 17.5. The number of hydrogen-bond donors (Lipinski definition) is 2. The molecule has 104 valence electrons. The molecule has 0 saturated carbocycles. The molecule has 0 fully saturated rings. The molecule has 0 radical (unpaired) electrons. The van der Waals surface area contributed by atoms with Gasteiger partial charge in [0.25, 0.3) is 5.91 Å². The van der Waals surface area contributed by atoms with Crippen molar-refractivity contribution in [3.63, 3.8) is 0 Å². The summed E-state index contributed by atoms with van der Waals surface area (Å²) in [7, 11) is 3.47. The monoisotopic (exact) mass is 272 g/mol. The first-order valence-electron chi connectivity index (χ1n) is 6.42. The lowest BCUT2D eigenvalue weighted by Crippen LogP contribution is -2.44. The molecule has 2 N–H and O–H groups in total. The van der Waals surface area contributed by atoms with Crippen LogP contribution in [-0.4, -0.2) is 36.4 Å². The van der Waals surface area contributed by atoms with Crippen LogP contribution in [0.2, 0.25) is 0 Å². The highest BCUT2D eigenvalue weighted by Gasteiger charge is 2.26. The predicted octanol–water partition coefficient (Wildman–Crippen LogP) is 1.02. The molecule has 1 amide bonds. The Balaban J connectivity index is 2.05. The van der Waals surface area contributed by atoms with Gasteiger partial charge in [0.15, 0.2) is 0 Å². The Hall–Kier alpha value is -2.34. The lowest BCUT2D eigenvalue weighted by atomic mass is 10.1. The van der Waals surface area contributed by atoms with E-state index in [4.69, 9.17) is 4.74 Å². The molecule has 0 aliphatic carbocycles. The van der Waals surface area contributed by atoms with Crippen LogP contribution in [-0.2, 0) is 0 Å². The maximum absolute atomic E-state index is 11.9. The number of carbonyl (C=O) groups excluding carboxylic acids is 1. The molecule has 1 unspecified atom stereocenters. The summed E-state index contributed by atoms with van der Waals surface area (Å²) in [6, 6.07) is 9.43. The molecule has 3 rings (SSSR count). The Labute approximate surface area is 116 Å². The van der Waals surface area contributed by atoms with E-state index in [0.29, 0.717) is 12.2 Å². The maximum Gasteiger partial charge on any atom is 0.269 e. The van der Waals surface area contributed by atoms with E-state index in [1.54, 1.807) is 17.9 Å². The predicted molar refractivity (Wildman–Crippen MR) is 74.6 cm³/mol. The highest BCUT2D eigenvalue weighted by atomic mass is 16.5. The number of fused-ring (bicyclic) bond motifs is 1. The zero-order valence-electron chi connectivity index (χ0n) is 11.4. The smallest absolute Gasteiger partial charge is 0.269 e. The first-order chi connectivity index (χ1) is 9.72. The van der Waals surface area contributed by atoms with Crippen molar-refractivity contribution in [2.75, 3.05) is 20.7 Å². The minimum atomic E-state index is -0.0989. The zero-order valence-corrected chi connectivity index (χ0v) is 11.4. The Kier molecular flexibility index (Phi) is 3.15. The summed E-state index contributed by atoms with van der Waals surface area (Å²) in [5.41, 5.74) is 2.25. The van der Waals surface area contributed by atoms with Crippen molar-refractivity contribution < 1.29 is 9.53 Å². The standard InChI is InChI=1S/C14H16N4O2/c1-15-13-8-16-14(19)12-7-11(17-18(12)13)9-4-3-5-10(6-9)20-2/h3-7,13,15H,8H2,1-2H3,(H,16,19). The van der Waals surface area contributed by atoms with Gasteiger partial charge in [0.2, 0.25) is 0 Å². The van der Waals surface area contributed by atoms with Gasteiger partial charge in [0, 0.05) is 5.56 Å². The van der Waals surface area contributed by atoms with E-state index in [2.05, 4.69) is 15.7 Å². The highest BCUT2D eigenvalue weighted by Crippen LogP contribution is 2.25. The Bertz CT molecular complexity index is 650. The van der Waals surface area contributed by atoms with Crippen LogP contribution in [0.3, 0.4) is 0 Å². The quantitative estimate of drug-likeness (QED) is 0.875. The number of benzene rings is 1. The second-order valence-corrected chi connectivity index (χ2v) is 4.61. The molecule has 1 aliphatic rings. The van der Waals surface area contributed by atoms with Crippen LogP contribution in [0, 0.1) is 0 Å². The second-order valence-electron chi connectivity index (χ2n) is 4.61. The summed E-state index contributed by atoms with van der Waals surface area (Å²) < 4.78 is 6.95. The number of likely N-dealkylation sites (N-methyl/N-ethyl adjacent to an activating group) is 1. The largest absolute Gasteiger partial charge is 0.497 e. The molecule has 1 atom stereocenters. The van der Waals surface area contributed by atoms with E-state index in [0.717, 1.165) is 17.0 Å². The minimum Gasteiger partial charge on any atom is -0.497 e. The zero-order chi connectivity index (χ0) is 14.1. The van der Waals surface area contributed by atoms with Gasteiger partial charge in [-0.25, -0.2) is 4.68 Å². The molecular weight excluding hydrogens is 256 g/mol. The summed E-state index contributed by atoms with van der Waals surface area (Å²) in [6.07, 6.45) is -0.0259. The van der Waals surface area contributed by atoms with E-state index < -0.39 is 0 Å². The first-order valence-corrected chi connectivity index (χ1v) is 6.42. The topological polar surface area (TPSA) is 68.2 Å². The fraction of sp³-hybridized carbons (Fsp3) is 0.286. The Morgan fingerprint density at radius 3 is 3.05 bits per heavy atom. The van der Waals surface area contributed by atoms with E-state index in [1.807, 2.05) is 31.3 Å². The van der Waals surface area contributed by atoms with Crippen molar-refractivity contribution in [3.05, 3.63) is 36.0 Å². The number of hydrogen-bond acceptors (Lipinski definition) is 4.